The lowest BCUT2D eigenvalue weighted by molar-refractivity contribution is -0.139. The Morgan fingerprint density at radius 3 is 2.81 bits per heavy atom. The second-order valence-corrected chi connectivity index (χ2v) is 7.30. The minimum absolute atomic E-state index is 0.00918. The van der Waals surface area contributed by atoms with Gasteiger partial charge in [0, 0.05) is 25.2 Å². The van der Waals surface area contributed by atoms with Crippen molar-refractivity contribution in [1.29, 1.82) is 0 Å². The number of rotatable bonds is 8. The maximum absolute atomic E-state index is 13.0. The molecule has 1 N–H and O–H groups in total. The number of carbonyl (C=O) groups excluding carboxylic acids is 1. The average molecular weight is 391 g/mol. The molecule has 1 saturated heterocycles. The lowest BCUT2D eigenvalue weighted by Gasteiger charge is -2.28. The standard InChI is InChI=1S/C18H25F4N3O2/c1-17(2,12-27-16-14(18(20,21)22)6-3-8-23-16)24-15(26)11-13-5-4-9-25(13)10-7-19/h3,6,8,13H,4-5,7,9-12H2,1-2H3,(H,24,26). The average Bonchev–Trinajstić information content (AvgIpc) is 2.99. The Kier molecular flexibility index (Phi) is 7.02. The molecule has 0 saturated carbocycles. The topological polar surface area (TPSA) is 54.5 Å². The van der Waals surface area contributed by atoms with E-state index in [4.69, 9.17) is 4.74 Å². The van der Waals surface area contributed by atoms with Gasteiger partial charge in [0.15, 0.2) is 0 Å². The van der Waals surface area contributed by atoms with Crippen molar-refractivity contribution in [1.82, 2.24) is 15.2 Å². The fraction of sp³-hybridized carbons (Fsp3) is 0.667. The van der Waals surface area contributed by atoms with Gasteiger partial charge in [-0.15, -0.1) is 0 Å². The first-order chi connectivity index (χ1) is 12.6. The van der Waals surface area contributed by atoms with Crippen LogP contribution in [0.2, 0.25) is 0 Å². The molecule has 2 heterocycles. The molecule has 1 aromatic rings. The monoisotopic (exact) mass is 391 g/mol. The maximum Gasteiger partial charge on any atom is 0.421 e. The highest BCUT2D eigenvalue weighted by Crippen LogP contribution is 2.34. The number of nitrogens with zero attached hydrogens (tertiary/aromatic N) is 2. The predicted octanol–water partition coefficient (Wildman–Crippen LogP) is 3.20. The molecule has 1 aliphatic heterocycles. The first-order valence-corrected chi connectivity index (χ1v) is 8.88. The van der Waals surface area contributed by atoms with E-state index in [9.17, 15) is 22.4 Å². The Hall–Kier alpha value is -1.90. The molecule has 1 aliphatic rings. The van der Waals surface area contributed by atoms with Crippen LogP contribution in [0.1, 0.15) is 38.7 Å². The Balaban J connectivity index is 1.91. The molecule has 0 bridgehead atoms. The van der Waals surface area contributed by atoms with Gasteiger partial charge in [-0.2, -0.15) is 13.2 Å². The van der Waals surface area contributed by atoms with E-state index in [1.165, 1.54) is 12.3 Å². The van der Waals surface area contributed by atoms with Gasteiger partial charge < -0.3 is 10.1 Å². The number of pyridine rings is 1. The van der Waals surface area contributed by atoms with E-state index in [1.54, 1.807) is 13.8 Å². The first-order valence-electron chi connectivity index (χ1n) is 8.88. The van der Waals surface area contributed by atoms with Crippen LogP contribution in [-0.2, 0) is 11.0 Å². The van der Waals surface area contributed by atoms with Gasteiger partial charge in [0.25, 0.3) is 0 Å². The fourth-order valence-electron chi connectivity index (χ4n) is 3.18. The Labute approximate surface area is 156 Å². The van der Waals surface area contributed by atoms with Gasteiger partial charge in [-0.05, 0) is 45.4 Å². The molecule has 2 rings (SSSR count). The summed E-state index contributed by atoms with van der Waals surface area (Å²) >= 11 is 0. The number of likely N-dealkylation sites (tertiary alicyclic amines) is 1. The molecule has 1 unspecified atom stereocenters. The van der Waals surface area contributed by atoms with E-state index < -0.39 is 29.8 Å². The number of aromatic nitrogens is 1. The molecule has 0 radical (unpaired) electrons. The van der Waals surface area contributed by atoms with Crippen LogP contribution in [0.15, 0.2) is 18.3 Å². The third kappa shape index (κ3) is 6.34. The van der Waals surface area contributed by atoms with Crippen molar-refractivity contribution in [2.24, 2.45) is 0 Å². The summed E-state index contributed by atoms with van der Waals surface area (Å²) in [6.07, 6.45) is -1.38. The van der Waals surface area contributed by atoms with Gasteiger partial charge in [0.05, 0.1) is 5.54 Å². The van der Waals surface area contributed by atoms with E-state index in [2.05, 4.69) is 10.3 Å². The first kappa shape index (κ1) is 21.4. The highest BCUT2D eigenvalue weighted by molar-refractivity contribution is 5.77. The number of halogens is 4. The highest BCUT2D eigenvalue weighted by atomic mass is 19.4. The molecule has 5 nitrogen and oxygen atoms in total. The van der Waals surface area contributed by atoms with Crippen LogP contribution in [0.4, 0.5) is 17.6 Å². The molecule has 1 amide bonds. The van der Waals surface area contributed by atoms with Gasteiger partial charge in [0.1, 0.15) is 18.8 Å². The Bertz CT molecular complexity index is 637. The zero-order valence-electron chi connectivity index (χ0n) is 15.5. The smallest absolute Gasteiger partial charge is 0.421 e. The molecule has 152 valence electrons. The van der Waals surface area contributed by atoms with Gasteiger partial charge in [0.2, 0.25) is 11.8 Å². The molecule has 27 heavy (non-hydrogen) atoms. The second-order valence-electron chi connectivity index (χ2n) is 7.30. The van der Waals surface area contributed by atoms with Gasteiger partial charge in [-0.25, -0.2) is 9.37 Å². The van der Waals surface area contributed by atoms with Gasteiger partial charge in [-0.3, -0.25) is 9.69 Å². The Morgan fingerprint density at radius 2 is 2.15 bits per heavy atom. The van der Waals surface area contributed by atoms with Crippen LogP contribution >= 0.6 is 0 Å². The minimum Gasteiger partial charge on any atom is -0.475 e. The molecule has 0 aromatic carbocycles. The summed E-state index contributed by atoms with van der Waals surface area (Å²) in [6, 6.07) is 2.07. The van der Waals surface area contributed by atoms with Crippen LogP contribution < -0.4 is 10.1 Å². The van der Waals surface area contributed by atoms with Crippen LogP contribution in [0.25, 0.3) is 0 Å². The summed E-state index contributed by atoms with van der Waals surface area (Å²) in [5.41, 5.74) is -1.85. The normalized spacial score (nSPS) is 18.5. The summed E-state index contributed by atoms with van der Waals surface area (Å²) in [6.45, 7) is 3.78. The number of carbonyl (C=O) groups is 1. The van der Waals surface area contributed by atoms with Crippen molar-refractivity contribution in [2.45, 2.75) is 50.9 Å². The number of nitrogens with one attached hydrogen (secondary N) is 1. The highest BCUT2D eigenvalue weighted by Gasteiger charge is 2.36. The molecule has 1 fully saturated rings. The molecule has 9 heteroatoms. The molecule has 0 aliphatic carbocycles. The van der Waals surface area contributed by atoms with Crippen molar-refractivity contribution in [3.63, 3.8) is 0 Å². The van der Waals surface area contributed by atoms with Crippen molar-refractivity contribution in [3.8, 4) is 5.88 Å². The number of alkyl halides is 4. The van der Waals surface area contributed by atoms with Crippen molar-refractivity contribution in [3.05, 3.63) is 23.9 Å². The minimum atomic E-state index is -4.57. The molecule has 1 atom stereocenters. The molecular weight excluding hydrogens is 366 g/mol. The van der Waals surface area contributed by atoms with Crippen LogP contribution in [-0.4, -0.2) is 53.7 Å². The zero-order chi connectivity index (χ0) is 20.1. The van der Waals surface area contributed by atoms with Crippen molar-refractivity contribution >= 4 is 5.91 Å². The number of hydrogen-bond donors (Lipinski definition) is 1. The largest absolute Gasteiger partial charge is 0.475 e. The zero-order valence-corrected chi connectivity index (χ0v) is 15.5. The third-order valence-electron chi connectivity index (χ3n) is 4.42. The number of amides is 1. The van der Waals surface area contributed by atoms with Crippen LogP contribution in [0.3, 0.4) is 0 Å². The lowest BCUT2D eigenvalue weighted by Crippen LogP contribution is -2.49. The quantitative estimate of drug-likeness (QED) is 0.692. The van der Waals surface area contributed by atoms with E-state index >= 15 is 0 Å². The summed E-state index contributed by atoms with van der Waals surface area (Å²) in [7, 11) is 0. The van der Waals surface area contributed by atoms with E-state index in [-0.39, 0.29) is 25.0 Å². The van der Waals surface area contributed by atoms with E-state index in [0.29, 0.717) is 6.54 Å². The second kappa shape index (κ2) is 8.86. The lowest BCUT2D eigenvalue weighted by atomic mass is 10.1. The number of hydrogen-bond acceptors (Lipinski definition) is 4. The molecule has 0 spiro atoms. The van der Waals surface area contributed by atoms with E-state index in [0.717, 1.165) is 25.5 Å². The Morgan fingerprint density at radius 1 is 1.41 bits per heavy atom. The summed E-state index contributed by atoms with van der Waals surface area (Å²) in [4.78, 5) is 17.9. The van der Waals surface area contributed by atoms with Gasteiger partial charge in [-0.1, -0.05) is 0 Å². The maximum atomic E-state index is 13.0. The van der Waals surface area contributed by atoms with Crippen LogP contribution in [0.5, 0.6) is 5.88 Å². The van der Waals surface area contributed by atoms with Crippen molar-refractivity contribution in [2.75, 3.05) is 26.4 Å². The predicted molar refractivity (Wildman–Crippen MR) is 92.1 cm³/mol. The van der Waals surface area contributed by atoms with Crippen LogP contribution in [0, 0.1) is 0 Å². The third-order valence-corrected chi connectivity index (χ3v) is 4.42. The summed E-state index contributed by atoms with van der Waals surface area (Å²) in [5.74, 6) is -0.756. The van der Waals surface area contributed by atoms with E-state index in [1.807, 2.05) is 4.90 Å². The summed E-state index contributed by atoms with van der Waals surface area (Å²) < 4.78 is 56.8. The van der Waals surface area contributed by atoms with Gasteiger partial charge >= 0.3 is 6.18 Å². The molecular formula is C18H25F4N3O2. The number of ether oxygens (including phenoxy) is 1. The SMILES string of the molecule is CC(C)(COc1ncccc1C(F)(F)F)NC(=O)CC1CCCN1CCF. The summed E-state index contributed by atoms with van der Waals surface area (Å²) in [5, 5.41) is 2.78. The molecule has 1 aromatic heterocycles. The fourth-order valence-corrected chi connectivity index (χ4v) is 3.18. The van der Waals surface area contributed by atoms with Crippen molar-refractivity contribution < 1.29 is 27.1 Å².